The van der Waals surface area contributed by atoms with Crippen LogP contribution in [0, 0.1) is 17.0 Å². The van der Waals surface area contributed by atoms with Gasteiger partial charge in [-0.05, 0) is 37.3 Å². The number of carboxylic acid groups (broad SMARTS) is 1. The molecule has 158 valence electrons. The highest BCUT2D eigenvalue weighted by molar-refractivity contribution is 5.88. The van der Waals surface area contributed by atoms with Crippen molar-refractivity contribution in [2.24, 2.45) is 0 Å². The summed E-state index contributed by atoms with van der Waals surface area (Å²) in [4.78, 5) is 37.8. The molecule has 9 nitrogen and oxygen atoms in total. The lowest BCUT2D eigenvalue weighted by molar-refractivity contribution is -0.385. The van der Waals surface area contributed by atoms with E-state index in [1.165, 1.54) is 12.1 Å². The third-order valence-electron chi connectivity index (χ3n) is 5.04. The van der Waals surface area contributed by atoms with Crippen LogP contribution in [0.2, 0.25) is 0 Å². The van der Waals surface area contributed by atoms with Crippen LogP contribution in [0.1, 0.15) is 22.3 Å². The molecule has 30 heavy (non-hydrogen) atoms. The van der Waals surface area contributed by atoms with Gasteiger partial charge in [-0.25, -0.2) is 4.79 Å². The second-order valence-electron chi connectivity index (χ2n) is 7.03. The molecule has 1 fully saturated rings. The van der Waals surface area contributed by atoms with Crippen LogP contribution in [-0.4, -0.2) is 59.6 Å². The minimum absolute atomic E-state index is 0.0208. The Morgan fingerprint density at radius 3 is 2.50 bits per heavy atom. The number of ether oxygens (including phenoxy) is 1. The Bertz CT molecular complexity index is 954. The molecule has 0 aliphatic carbocycles. The number of amides is 1. The van der Waals surface area contributed by atoms with E-state index in [0.717, 1.165) is 5.69 Å². The molecule has 0 unspecified atom stereocenters. The number of hydrogen-bond acceptors (Lipinski definition) is 6. The third kappa shape index (κ3) is 5.05. The highest BCUT2D eigenvalue weighted by Crippen LogP contribution is 2.23. The maximum atomic E-state index is 12.4. The smallest absolute Gasteiger partial charge is 0.335 e. The highest BCUT2D eigenvalue weighted by Gasteiger charge is 2.22. The topological polar surface area (TPSA) is 113 Å². The molecule has 1 N–H and O–H groups in total. The molecule has 1 saturated heterocycles. The Morgan fingerprint density at radius 2 is 1.87 bits per heavy atom. The second kappa shape index (κ2) is 9.25. The second-order valence-corrected chi connectivity index (χ2v) is 7.03. The van der Waals surface area contributed by atoms with E-state index in [0.29, 0.717) is 37.5 Å². The molecular formula is C21H23N3O6. The van der Waals surface area contributed by atoms with Crippen LogP contribution in [0.25, 0.3) is 0 Å². The number of benzene rings is 2. The summed E-state index contributed by atoms with van der Waals surface area (Å²) in [7, 11) is 0. The Kier molecular flexibility index (Phi) is 6.51. The number of hydrogen-bond donors (Lipinski definition) is 1. The number of anilines is 1. The van der Waals surface area contributed by atoms with Gasteiger partial charge in [0, 0.05) is 43.5 Å². The molecule has 1 aliphatic heterocycles. The zero-order chi connectivity index (χ0) is 21.7. The molecule has 0 bridgehead atoms. The summed E-state index contributed by atoms with van der Waals surface area (Å²) in [6, 6.07) is 11.3. The summed E-state index contributed by atoms with van der Waals surface area (Å²) < 4.78 is 5.57. The van der Waals surface area contributed by atoms with E-state index in [4.69, 9.17) is 9.84 Å². The molecule has 2 aromatic rings. The fourth-order valence-corrected chi connectivity index (χ4v) is 3.39. The molecular weight excluding hydrogens is 390 g/mol. The number of carboxylic acids is 1. The van der Waals surface area contributed by atoms with Crippen LogP contribution in [0.15, 0.2) is 42.5 Å². The quantitative estimate of drug-likeness (QED) is 0.548. The largest absolute Gasteiger partial charge is 0.493 e. The van der Waals surface area contributed by atoms with Crippen LogP contribution in [0.5, 0.6) is 5.75 Å². The number of nitro benzene ring substituents is 1. The van der Waals surface area contributed by atoms with Crippen molar-refractivity contribution in [3.05, 3.63) is 63.7 Å². The monoisotopic (exact) mass is 413 g/mol. The zero-order valence-electron chi connectivity index (χ0n) is 16.6. The molecule has 0 saturated carbocycles. The van der Waals surface area contributed by atoms with Crippen molar-refractivity contribution in [2.75, 3.05) is 37.7 Å². The summed E-state index contributed by atoms with van der Waals surface area (Å²) in [5, 5.41) is 20.0. The van der Waals surface area contributed by atoms with Gasteiger partial charge in [0.15, 0.2) is 0 Å². The van der Waals surface area contributed by atoms with Gasteiger partial charge in [-0.15, -0.1) is 0 Å². The standard InChI is InChI=1S/C21H23N3O6/c1-15-13-18(5-6-19(15)24(28)29)30-12-7-20(25)23-10-8-22(9-11-23)17-4-2-3-16(14-17)21(26)27/h2-6,13-14H,7-12H2,1H3,(H,26,27). The normalized spacial score (nSPS) is 13.8. The average Bonchev–Trinajstić information content (AvgIpc) is 2.73. The first-order valence-electron chi connectivity index (χ1n) is 9.59. The van der Waals surface area contributed by atoms with Crippen molar-refractivity contribution in [3.8, 4) is 5.75 Å². The predicted octanol–water partition coefficient (Wildman–Crippen LogP) is 2.72. The maximum Gasteiger partial charge on any atom is 0.335 e. The molecule has 1 aliphatic rings. The van der Waals surface area contributed by atoms with Gasteiger partial charge in [0.05, 0.1) is 23.5 Å². The lowest BCUT2D eigenvalue weighted by Gasteiger charge is -2.36. The number of rotatable bonds is 7. The number of piperazine rings is 1. The minimum atomic E-state index is -0.964. The first-order chi connectivity index (χ1) is 14.3. The molecule has 0 aromatic heterocycles. The first kappa shape index (κ1) is 21.1. The summed E-state index contributed by atoms with van der Waals surface area (Å²) >= 11 is 0. The number of nitro groups is 1. The van der Waals surface area contributed by atoms with Crippen LogP contribution in [-0.2, 0) is 4.79 Å². The van der Waals surface area contributed by atoms with Crippen LogP contribution in [0.4, 0.5) is 11.4 Å². The van der Waals surface area contributed by atoms with Gasteiger partial charge >= 0.3 is 5.97 Å². The predicted molar refractivity (Wildman–Crippen MR) is 110 cm³/mol. The lowest BCUT2D eigenvalue weighted by Crippen LogP contribution is -2.49. The SMILES string of the molecule is Cc1cc(OCCC(=O)N2CCN(c3cccc(C(=O)O)c3)CC2)ccc1[N+](=O)[O-]. The maximum absolute atomic E-state index is 12.4. The van der Waals surface area contributed by atoms with E-state index >= 15 is 0 Å². The van der Waals surface area contributed by atoms with Gasteiger partial charge in [-0.3, -0.25) is 14.9 Å². The van der Waals surface area contributed by atoms with Crippen molar-refractivity contribution >= 4 is 23.3 Å². The van der Waals surface area contributed by atoms with E-state index in [1.807, 2.05) is 6.07 Å². The molecule has 2 aromatic carbocycles. The number of aryl methyl sites for hydroxylation is 1. The average molecular weight is 413 g/mol. The van der Waals surface area contributed by atoms with E-state index < -0.39 is 10.9 Å². The summed E-state index contributed by atoms with van der Waals surface area (Å²) in [6.07, 6.45) is 0.213. The van der Waals surface area contributed by atoms with Crippen molar-refractivity contribution in [2.45, 2.75) is 13.3 Å². The Labute approximate surface area is 173 Å². The molecule has 0 atom stereocenters. The van der Waals surface area contributed by atoms with Gasteiger partial charge in [-0.1, -0.05) is 6.07 Å². The first-order valence-corrected chi connectivity index (χ1v) is 9.59. The van der Waals surface area contributed by atoms with E-state index in [1.54, 1.807) is 36.1 Å². The summed E-state index contributed by atoms with van der Waals surface area (Å²) in [6.45, 7) is 4.17. The summed E-state index contributed by atoms with van der Waals surface area (Å²) in [5.41, 5.74) is 1.61. The van der Waals surface area contributed by atoms with Gasteiger partial charge in [-0.2, -0.15) is 0 Å². The third-order valence-corrected chi connectivity index (χ3v) is 5.04. The number of carbonyl (C=O) groups excluding carboxylic acids is 1. The Morgan fingerprint density at radius 1 is 1.13 bits per heavy atom. The zero-order valence-corrected chi connectivity index (χ0v) is 16.6. The number of nitrogens with zero attached hydrogens (tertiary/aromatic N) is 3. The summed E-state index contributed by atoms with van der Waals surface area (Å²) in [5.74, 6) is -0.490. The molecule has 1 heterocycles. The van der Waals surface area contributed by atoms with E-state index in [2.05, 4.69) is 4.90 Å². The van der Waals surface area contributed by atoms with E-state index in [9.17, 15) is 19.7 Å². The van der Waals surface area contributed by atoms with E-state index in [-0.39, 0.29) is 30.2 Å². The molecule has 0 radical (unpaired) electrons. The van der Waals surface area contributed by atoms with Crippen molar-refractivity contribution in [1.82, 2.24) is 4.90 Å². The fraction of sp³-hybridized carbons (Fsp3) is 0.333. The van der Waals surface area contributed by atoms with Crippen molar-refractivity contribution < 1.29 is 24.4 Å². The van der Waals surface area contributed by atoms with Crippen LogP contribution < -0.4 is 9.64 Å². The van der Waals surface area contributed by atoms with Gasteiger partial charge in [0.2, 0.25) is 5.91 Å². The highest BCUT2D eigenvalue weighted by atomic mass is 16.6. The Balaban J connectivity index is 1.46. The molecule has 0 spiro atoms. The van der Waals surface area contributed by atoms with Crippen molar-refractivity contribution in [1.29, 1.82) is 0 Å². The van der Waals surface area contributed by atoms with Gasteiger partial charge < -0.3 is 19.6 Å². The van der Waals surface area contributed by atoms with Gasteiger partial charge in [0.25, 0.3) is 5.69 Å². The molecule has 9 heteroatoms. The number of aromatic carboxylic acids is 1. The van der Waals surface area contributed by atoms with Crippen LogP contribution in [0.3, 0.4) is 0 Å². The minimum Gasteiger partial charge on any atom is -0.493 e. The van der Waals surface area contributed by atoms with Gasteiger partial charge in [0.1, 0.15) is 5.75 Å². The number of carbonyl (C=O) groups is 2. The Hall–Kier alpha value is -3.62. The fourth-order valence-electron chi connectivity index (χ4n) is 3.39. The van der Waals surface area contributed by atoms with Crippen molar-refractivity contribution in [3.63, 3.8) is 0 Å². The van der Waals surface area contributed by atoms with Crippen LogP contribution >= 0.6 is 0 Å². The molecule has 3 rings (SSSR count). The molecule has 1 amide bonds. The lowest BCUT2D eigenvalue weighted by atomic mass is 10.1.